The van der Waals surface area contributed by atoms with Crippen molar-refractivity contribution in [3.05, 3.63) is 11.9 Å². The van der Waals surface area contributed by atoms with Gasteiger partial charge in [-0.05, 0) is 18.8 Å². The van der Waals surface area contributed by atoms with E-state index in [0.717, 1.165) is 36.9 Å². The summed E-state index contributed by atoms with van der Waals surface area (Å²) < 4.78 is 0. The largest absolute Gasteiger partial charge is 0.373 e. The molecule has 1 fully saturated rings. The Balaban J connectivity index is 2.01. The van der Waals surface area contributed by atoms with Crippen molar-refractivity contribution in [1.29, 1.82) is 0 Å². The number of aromatic nitrogens is 2. The van der Waals surface area contributed by atoms with Crippen LogP contribution in [0.3, 0.4) is 0 Å². The highest BCUT2D eigenvalue weighted by Crippen LogP contribution is 2.32. The van der Waals surface area contributed by atoms with E-state index in [1.807, 2.05) is 7.05 Å². The van der Waals surface area contributed by atoms with Crippen LogP contribution >= 0.6 is 0 Å². The highest BCUT2D eigenvalue weighted by Gasteiger charge is 2.20. The maximum atomic E-state index is 4.36. The van der Waals surface area contributed by atoms with Gasteiger partial charge in [0.15, 0.2) is 0 Å². The summed E-state index contributed by atoms with van der Waals surface area (Å²) >= 11 is 0. The van der Waals surface area contributed by atoms with E-state index in [1.165, 1.54) is 24.8 Å². The summed E-state index contributed by atoms with van der Waals surface area (Å²) in [5.41, 5.74) is 1.22. The molecule has 94 valence electrons. The lowest BCUT2D eigenvalue weighted by Gasteiger charge is -2.13. The molecule has 4 heteroatoms. The first-order chi connectivity index (χ1) is 8.35. The predicted molar refractivity (Wildman–Crippen MR) is 71.4 cm³/mol. The number of anilines is 2. The topological polar surface area (TPSA) is 49.8 Å². The lowest BCUT2D eigenvalue weighted by atomic mass is 10.1. The third-order valence-electron chi connectivity index (χ3n) is 3.22. The number of hydrogen-bond donors (Lipinski definition) is 2. The first-order valence-corrected chi connectivity index (χ1v) is 6.60. The fourth-order valence-corrected chi connectivity index (χ4v) is 2.07. The maximum absolute atomic E-state index is 4.36. The number of nitrogens with zero attached hydrogens (tertiary/aromatic N) is 2. The first-order valence-electron chi connectivity index (χ1n) is 6.60. The van der Waals surface area contributed by atoms with Crippen LogP contribution < -0.4 is 10.6 Å². The Hall–Kier alpha value is -1.32. The van der Waals surface area contributed by atoms with Crippen LogP contribution in [0.2, 0.25) is 0 Å². The van der Waals surface area contributed by atoms with Crippen molar-refractivity contribution >= 4 is 11.6 Å². The summed E-state index contributed by atoms with van der Waals surface area (Å²) in [6.45, 7) is 3.21. The summed E-state index contributed by atoms with van der Waals surface area (Å²) in [4.78, 5) is 8.63. The number of nitrogens with one attached hydrogen (secondary N) is 2. The van der Waals surface area contributed by atoms with Gasteiger partial charge < -0.3 is 10.6 Å². The average Bonchev–Trinajstić information content (AvgIpc) is 3.15. The van der Waals surface area contributed by atoms with Crippen LogP contribution in [0.1, 0.15) is 38.2 Å². The van der Waals surface area contributed by atoms with E-state index in [0.29, 0.717) is 0 Å². The molecule has 2 rings (SSSR count). The zero-order valence-corrected chi connectivity index (χ0v) is 10.8. The molecule has 0 amide bonds. The molecule has 0 aliphatic heterocycles. The lowest BCUT2D eigenvalue weighted by molar-refractivity contribution is 0.756. The Morgan fingerprint density at radius 1 is 1.29 bits per heavy atom. The van der Waals surface area contributed by atoms with E-state index in [4.69, 9.17) is 0 Å². The molecule has 1 saturated carbocycles. The summed E-state index contributed by atoms with van der Waals surface area (Å²) in [6.07, 6.45) is 7.85. The Morgan fingerprint density at radius 3 is 2.71 bits per heavy atom. The van der Waals surface area contributed by atoms with Gasteiger partial charge in [0, 0.05) is 19.2 Å². The quantitative estimate of drug-likeness (QED) is 0.761. The third-order valence-corrected chi connectivity index (χ3v) is 3.22. The van der Waals surface area contributed by atoms with Crippen molar-refractivity contribution in [2.75, 3.05) is 24.2 Å². The zero-order chi connectivity index (χ0) is 12.1. The van der Waals surface area contributed by atoms with Gasteiger partial charge in [-0.2, -0.15) is 0 Å². The Morgan fingerprint density at radius 2 is 2.06 bits per heavy atom. The standard InChI is InChI=1S/C13H22N4/c1-3-4-11-12(14-2)16-9-17-13(11)15-8-7-10-5-6-10/h9-10H,3-8H2,1-2H3,(H2,14,15,16,17). The van der Waals surface area contributed by atoms with Crippen molar-refractivity contribution in [3.63, 3.8) is 0 Å². The number of rotatable bonds is 7. The Kier molecular flexibility index (Phi) is 4.18. The summed E-state index contributed by atoms with van der Waals surface area (Å²) in [6, 6.07) is 0. The molecule has 0 aromatic carbocycles. The van der Waals surface area contributed by atoms with Crippen molar-refractivity contribution in [1.82, 2.24) is 9.97 Å². The SMILES string of the molecule is CCCc1c(NC)ncnc1NCCC1CC1. The molecule has 1 aliphatic rings. The molecule has 2 N–H and O–H groups in total. The molecule has 0 unspecified atom stereocenters. The molecule has 0 radical (unpaired) electrons. The van der Waals surface area contributed by atoms with Gasteiger partial charge in [0.05, 0.1) is 0 Å². The molecule has 4 nitrogen and oxygen atoms in total. The molecule has 0 atom stereocenters. The second-order valence-corrected chi connectivity index (χ2v) is 4.71. The van der Waals surface area contributed by atoms with E-state index < -0.39 is 0 Å². The van der Waals surface area contributed by atoms with Gasteiger partial charge in [-0.15, -0.1) is 0 Å². The molecule has 1 heterocycles. The summed E-state index contributed by atoms with van der Waals surface area (Å²) in [7, 11) is 1.91. The van der Waals surface area contributed by atoms with Crippen LogP contribution in [-0.2, 0) is 6.42 Å². The van der Waals surface area contributed by atoms with Crippen LogP contribution in [0.25, 0.3) is 0 Å². The fourth-order valence-electron chi connectivity index (χ4n) is 2.07. The van der Waals surface area contributed by atoms with Gasteiger partial charge in [-0.25, -0.2) is 9.97 Å². The molecule has 0 saturated heterocycles. The third kappa shape index (κ3) is 3.32. The van der Waals surface area contributed by atoms with Crippen LogP contribution in [0, 0.1) is 5.92 Å². The second-order valence-electron chi connectivity index (χ2n) is 4.71. The molecular weight excluding hydrogens is 212 g/mol. The molecule has 17 heavy (non-hydrogen) atoms. The normalized spacial score (nSPS) is 14.7. The smallest absolute Gasteiger partial charge is 0.134 e. The Labute approximate surface area is 103 Å². The highest BCUT2D eigenvalue weighted by molar-refractivity contribution is 5.57. The highest BCUT2D eigenvalue weighted by atomic mass is 15.1. The number of hydrogen-bond acceptors (Lipinski definition) is 4. The monoisotopic (exact) mass is 234 g/mol. The maximum Gasteiger partial charge on any atom is 0.134 e. The van der Waals surface area contributed by atoms with E-state index in [9.17, 15) is 0 Å². The van der Waals surface area contributed by atoms with Crippen molar-refractivity contribution < 1.29 is 0 Å². The van der Waals surface area contributed by atoms with E-state index in [2.05, 4.69) is 27.5 Å². The van der Waals surface area contributed by atoms with Crippen LogP contribution in [0.15, 0.2) is 6.33 Å². The van der Waals surface area contributed by atoms with Gasteiger partial charge in [-0.3, -0.25) is 0 Å². The van der Waals surface area contributed by atoms with Crippen LogP contribution in [-0.4, -0.2) is 23.6 Å². The van der Waals surface area contributed by atoms with Crippen molar-refractivity contribution in [2.24, 2.45) is 5.92 Å². The molecule has 1 aromatic rings. The predicted octanol–water partition coefficient (Wildman–Crippen LogP) is 2.68. The average molecular weight is 234 g/mol. The molecular formula is C13H22N4. The van der Waals surface area contributed by atoms with Crippen LogP contribution in [0.4, 0.5) is 11.6 Å². The molecule has 1 aliphatic carbocycles. The van der Waals surface area contributed by atoms with Crippen LogP contribution in [0.5, 0.6) is 0 Å². The van der Waals surface area contributed by atoms with Crippen molar-refractivity contribution in [2.45, 2.75) is 39.0 Å². The van der Waals surface area contributed by atoms with Gasteiger partial charge >= 0.3 is 0 Å². The Bertz CT molecular complexity index is 360. The first kappa shape index (κ1) is 12.1. The molecule has 1 aromatic heterocycles. The van der Waals surface area contributed by atoms with E-state index in [1.54, 1.807) is 6.33 Å². The lowest BCUT2D eigenvalue weighted by Crippen LogP contribution is -2.10. The van der Waals surface area contributed by atoms with Gasteiger partial charge in [-0.1, -0.05) is 26.2 Å². The molecule has 0 spiro atoms. The minimum atomic E-state index is 0.954. The fraction of sp³-hybridized carbons (Fsp3) is 0.692. The van der Waals surface area contributed by atoms with Gasteiger partial charge in [0.2, 0.25) is 0 Å². The minimum absolute atomic E-state index is 0.954. The summed E-state index contributed by atoms with van der Waals surface area (Å²) in [5.74, 6) is 2.92. The van der Waals surface area contributed by atoms with E-state index in [-0.39, 0.29) is 0 Å². The van der Waals surface area contributed by atoms with Crippen molar-refractivity contribution in [3.8, 4) is 0 Å². The molecule has 0 bridgehead atoms. The summed E-state index contributed by atoms with van der Waals surface area (Å²) in [5, 5.41) is 6.59. The minimum Gasteiger partial charge on any atom is -0.373 e. The van der Waals surface area contributed by atoms with E-state index >= 15 is 0 Å². The zero-order valence-electron chi connectivity index (χ0n) is 10.8. The second kappa shape index (κ2) is 5.84. The van der Waals surface area contributed by atoms with Gasteiger partial charge in [0.25, 0.3) is 0 Å². The van der Waals surface area contributed by atoms with Gasteiger partial charge in [0.1, 0.15) is 18.0 Å².